The number of carbonyl (C=O) groups excluding carboxylic acids is 1. The monoisotopic (exact) mass is 304 g/mol. The van der Waals surface area contributed by atoms with E-state index in [9.17, 15) is 4.79 Å². The van der Waals surface area contributed by atoms with E-state index < -0.39 is 0 Å². The average molecular weight is 304 g/mol. The maximum Gasteiger partial charge on any atom is 0.242 e. The van der Waals surface area contributed by atoms with Crippen LogP contribution in [-0.2, 0) is 9.53 Å². The van der Waals surface area contributed by atoms with E-state index in [2.05, 4.69) is 19.9 Å². The summed E-state index contributed by atoms with van der Waals surface area (Å²) in [7, 11) is 1.84. The quantitative estimate of drug-likeness (QED) is 0.884. The second-order valence-corrected chi connectivity index (χ2v) is 5.71. The van der Waals surface area contributed by atoms with Crippen LogP contribution in [-0.4, -0.2) is 69.6 Å². The highest BCUT2D eigenvalue weighted by atomic mass is 16.5. The fraction of sp³-hybridized carbons (Fsp3) is 0.571. The number of rotatable bonds is 3. The fourth-order valence-electron chi connectivity index (χ4n) is 2.80. The van der Waals surface area contributed by atoms with Crippen LogP contribution in [0.2, 0.25) is 0 Å². The highest BCUT2D eigenvalue weighted by molar-refractivity contribution is 5.87. The second kappa shape index (κ2) is 5.88. The molecule has 3 rings (SSSR count). The number of nitrogens with one attached hydrogen (secondary N) is 1. The standard InChI is InChI=1S/C14H20N6O2/c1-9-4-20(5-10(2)22-9)11(21)6-19(3)14-12-13(16-7-15-12)17-8-18-14/h7-10H,4-6H2,1-3H3,(H,15,16,17,18). The Bertz CT molecular complexity index is 662. The van der Waals surface area contributed by atoms with Gasteiger partial charge in [-0.3, -0.25) is 4.79 Å². The highest BCUT2D eigenvalue weighted by Crippen LogP contribution is 2.18. The van der Waals surface area contributed by atoms with Gasteiger partial charge in [0.15, 0.2) is 11.5 Å². The number of ether oxygens (including phenoxy) is 1. The number of fused-ring (bicyclic) bond motifs is 1. The van der Waals surface area contributed by atoms with Crippen LogP contribution in [0.5, 0.6) is 0 Å². The number of anilines is 1. The molecule has 2 atom stereocenters. The number of likely N-dealkylation sites (N-methyl/N-ethyl adjacent to an activating group) is 1. The van der Waals surface area contributed by atoms with E-state index in [1.807, 2.05) is 30.7 Å². The maximum absolute atomic E-state index is 12.5. The molecular weight excluding hydrogens is 284 g/mol. The molecule has 0 bridgehead atoms. The van der Waals surface area contributed by atoms with Gasteiger partial charge in [0.2, 0.25) is 5.91 Å². The van der Waals surface area contributed by atoms with Gasteiger partial charge in [0.05, 0.1) is 25.1 Å². The Morgan fingerprint density at radius 2 is 2.09 bits per heavy atom. The summed E-state index contributed by atoms with van der Waals surface area (Å²) >= 11 is 0. The molecule has 1 saturated heterocycles. The summed E-state index contributed by atoms with van der Waals surface area (Å²) in [5.41, 5.74) is 1.33. The number of amides is 1. The van der Waals surface area contributed by atoms with E-state index in [4.69, 9.17) is 4.74 Å². The SMILES string of the molecule is CC1CN(C(=O)CN(C)c2ncnc3nc[nH]c23)CC(C)O1. The molecule has 8 nitrogen and oxygen atoms in total. The number of morpholine rings is 1. The van der Waals surface area contributed by atoms with Crippen LogP contribution in [0.25, 0.3) is 11.2 Å². The number of hydrogen-bond donors (Lipinski definition) is 1. The Morgan fingerprint density at radius 3 is 2.82 bits per heavy atom. The molecule has 2 aromatic rings. The molecule has 1 N–H and O–H groups in total. The van der Waals surface area contributed by atoms with Crippen molar-refractivity contribution in [1.29, 1.82) is 0 Å². The molecule has 2 unspecified atom stereocenters. The molecule has 118 valence electrons. The average Bonchev–Trinajstić information content (AvgIpc) is 2.94. The van der Waals surface area contributed by atoms with Crippen molar-refractivity contribution in [3.8, 4) is 0 Å². The van der Waals surface area contributed by atoms with Crippen LogP contribution in [0.15, 0.2) is 12.7 Å². The predicted molar refractivity (Wildman–Crippen MR) is 81.5 cm³/mol. The minimum Gasteiger partial charge on any atom is -0.372 e. The van der Waals surface area contributed by atoms with Gasteiger partial charge in [-0.1, -0.05) is 0 Å². The Hall–Kier alpha value is -2.22. The number of hydrogen-bond acceptors (Lipinski definition) is 6. The summed E-state index contributed by atoms with van der Waals surface area (Å²) in [4.78, 5) is 31.6. The van der Waals surface area contributed by atoms with E-state index in [1.54, 1.807) is 6.33 Å². The van der Waals surface area contributed by atoms with E-state index in [-0.39, 0.29) is 24.7 Å². The Morgan fingerprint density at radius 1 is 1.36 bits per heavy atom. The number of carbonyl (C=O) groups is 1. The third-order valence-electron chi connectivity index (χ3n) is 3.71. The number of imidazole rings is 1. The molecule has 22 heavy (non-hydrogen) atoms. The lowest BCUT2D eigenvalue weighted by molar-refractivity contribution is -0.141. The molecule has 0 aromatic carbocycles. The summed E-state index contributed by atoms with van der Waals surface area (Å²) in [6.07, 6.45) is 3.16. The smallest absolute Gasteiger partial charge is 0.242 e. The van der Waals surface area contributed by atoms with Crippen molar-refractivity contribution >= 4 is 22.9 Å². The summed E-state index contributed by atoms with van der Waals surface area (Å²) in [6, 6.07) is 0. The van der Waals surface area contributed by atoms with Gasteiger partial charge in [-0.25, -0.2) is 15.0 Å². The zero-order chi connectivity index (χ0) is 15.7. The van der Waals surface area contributed by atoms with Crippen molar-refractivity contribution in [3.05, 3.63) is 12.7 Å². The molecular formula is C14H20N6O2. The van der Waals surface area contributed by atoms with E-state index in [0.717, 1.165) is 5.52 Å². The largest absolute Gasteiger partial charge is 0.372 e. The zero-order valence-corrected chi connectivity index (χ0v) is 13.0. The van der Waals surface area contributed by atoms with Gasteiger partial charge in [0.25, 0.3) is 0 Å². The van der Waals surface area contributed by atoms with Crippen LogP contribution < -0.4 is 4.90 Å². The topological polar surface area (TPSA) is 87.2 Å². The number of aromatic amines is 1. The minimum absolute atomic E-state index is 0.0655. The Labute approximate surface area is 128 Å². The normalized spacial score (nSPS) is 22.0. The molecule has 8 heteroatoms. The van der Waals surface area contributed by atoms with Crippen molar-refractivity contribution in [2.75, 3.05) is 31.6 Å². The van der Waals surface area contributed by atoms with Crippen molar-refractivity contribution < 1.29 is 9.53 Å². The molecule has 2 aromatic heterocycles. The van der Waals surface area contributed by atoms with Crippen LogP contribution in [0, 0.1) is 0 Å². The fourth-order valence-corrected chi connectivity index (χ4v) is 2.80. The van der Waals surface area contributed by atoms with Gasteiger partial charge in [0, 0.05) is 20.1 Å². The predicted octanol–water partition coefficient (Wildman–Crippen LogP) is 0.425. The van der Waals surface area contributed by atoms with Crippen LogP contribution in [0.1, 0.15) is 13.8 Å². The Balaban J connectivity index is 1.72. The van der Waals surface area contributed by atoms with Crippen LogP contribution in [0.3, 0.4) is 0 Å². The van der Waals surface area contributed by atoms with E-state index in [0.29, 0.717) is 24.6 Å². The molecule has 1 aliphatic rings. The lowest BCUT2D eigenvalue weighted by atomic mass is 10.2. The maximum atomic E-state index is 12.5. The molecule has 0 spiro atoms. The first-order valence-electron chi connectivity index (χ1n) is 7.33. The van der Waals surface area contributed by atoms with Crippen molar-refractivity contribution in [2.45, 2.75) is 26.1 Å². The number of H-pyrrole nitrogens is 1. The molecule has 0 radical (unpaired) electrons. The van der Waals surface area contributed by atoms with Crippen molar-refractivity contribution in [3.63, 3.8) is 0 Å². The first-order valence-corrected chi connectivity index (χ1v) is 7.33. The third kappa shape index (κ3) is 2.87. The molecule has 0 saturated carbocycles. The van der Waals surface area contributed by atoms with Gasteiger partial charge < -0.3 is 19.5 Å². The minimum atomic E-state index is 0.0655. The molecule has 1 fully saturated rings. The molecule has 1 amide bonds. The van der Waals surface area contributed by atoms with Gasteiger partial charge >= 0.3 is 0 Å². The lowest BCUT2D eigenvalue weighted by Crippen LogP contribution is -2.50. The third-order valence-corrected chi connectivity index (χ3v) is 3.71. The molecule has 3 heterocycles. The second-order valence-electron chi connectivity index (χ2n) is 5.71. The van der Waals surface area contributed by atoms with Gasteiger partial charge in [0.1, 0.15) is 11.8 Å². The summed E-state index contributed by atoms with van der Waals surface area (Å²) in [5.74, 6) is 0.737. The lowest BCUT2D eigenvalue weighted by Gasteiger charge is -2.36. The first kappa shape index (κ1) is 14.7. The summed E-state index contributed by atoms with van der Waals surface area (Å²) < 4.78 is 5.66. The van der Waals surface area contributed by atoms with E-state index >= 15 is 0 Å². The highest BCUT2D eigenvalue weighted by Gasteiger charge is 2.26. The number of aromatic nitrogens is 4. The summed E-state index contributed by atoms with van der Waals surface area (Å²) in [6.45, 7) is 5.47. The van der Waals surface area contributed by atoms with Crippen LogP contribution >= 0.6 is 0 Å². The number of nitrogens with zero attached hydrogens (tertiary/aromatic N) is 5. The van der Waals surface area contributed by atoms with E-state index in [1.165, 1.54) is 6.33 Å². The zero-order valence-electron chi connectivity index (χ0n) is 13.0. The van der Waals surface area contributed by atoms with Crippen LogP contribution in [0.4, 0.5) is 5.82 Å². The van der Waals surface area contributed by atoms with Gasteiger partial charge in [-0.05, 0) is 13.8 Å². The van der Waals surface area contributed by atoms with Crippen molar-refractivity contribution in [1.82, 2.24) is 24.8 Å². The van der Waals surface area contributed by atoms with Crippen molar-refractivity contribution in [2.24, 2.45) is 0 Å². The van der Waals surface area contributed by atoms with Gasteiger partial charge in [-0.2, -0.15) is 0 Å². The molecule has 1 aliphatic heterocycles. The summed E-state index contributed by atoms with van der Waals surface area (Å²) in [5, 5.41) is 0. The molecule has 0 aliphatic carbocycles. The van der Waals surface area contributed by atoms with Gasteiger partial charge in [-0.15, -0.1) is 0 Å². The first-order chi connectivity index (χ1) is 10.5. The Kier molecular flexibility index (Phi) is 3.93.